The quantitative estimate of drug-likeness (QED) is 0.905. The van der Waals surface area contributed by atoms with E-state index in [1.54, 1.807) is 11.3 Å². The molecule has 16 heavy (non-hydrogen) atoms. The number of carbonyl (C=O) groups excluding carboxylic acids is 1. The molecule has 1 fully saturated rings. The lowest BCUT2D eigenvalue weighted by molar-refractivity contribution is -0.117. The van der Waals surface area contributed by atoms with Crippen molar-refractivity contribution in [2.45, 2.75) is 38.1 Å². The zero-order valence-electron chi connectivity index (χ0n) is 9.17. The molecule has 2 rings (SSSR count). The maximum atomic E-state index is 11.7. The third-order valence-corrected chi connectivity index (χ3v) is 4.92. The van der Waals surface area contributed by atoms with Gasteiger partial charge in [-0.3, -0.25) is 4.79 Å². The lowest BCUT2D eigenvalue weighted by Gasteiger charge is -2.10. The monoisotopic (exact) mass is 301 g/mol. The van der Waals surface area contributed by atoms with Gasteiger partial charge in [-0.15, -0.1) is 11.3 Å². The van der Waals surface area contributed by atoms with Gasteiger partial charge in [0.05, 0.1) is 6.54 Å². The summed E-state index contributed by atoms with van der Waals surface area (Å²) >= 11 is 5.09. The van der Waals surface area contributed by atoms with E-state index in [0.29, 0.717) is 19.0 Å². The van der Waals surface area contributed by atoms with E-state index >= 15 is 0 Å². The molecule has 2 nitrogen and oxygen atoms in total. The number of thiophene rings is 1. The molecule has 1 aromatic heterocycles. The highest BCUT2D eigenvalue weighted by atomic mass is 79.9. The van der Waals surface area contributed by atoms with E-state index in [0.717, 1.165) is 9.35 Å². The van der Waals surface area contributed by atoms with Crippen LogP contribution < -0.4 is 5.32 Å². The zero-order chi connectivity index (χ0) is 11.4. The molecule has 0 radical (unpaired) electrons. The van der Waals surface area contributed by atoms with Crippen molar-refractivity contribution in [2.75, 3.05) is 6.54 Å². The van der Waals surface area contributed by atoms with Crippen molar-refractivity contribution in [3.8, 4) is 0 Å². The van der Waals surface area contributed by atoms with Gasteiger partial charge in [0.1, 0.15) is 0 Å². The molecule has 88 valence electrons. The summed E-state index contributed by atoms with van der Waals surface area (Å²) in [5, 5.41) is 5.36. The second-order valence-corrected chi connectivity index (χ2v) is 6.12. The van der Waals surface area contributed by atoms with Crippen LogP contribution in [0.25, 0.3) is 0 Å². The highest BCUT2D eigenvalue weighted by molar-refractivity contribution is 9.10. The number of nitrogens with one attached hydrogen (secondary N) is 1. The molecule has 1 N–H and O–H groups in total. The molecule has 0 amide bonds. The average Bonchev–Trinajstić information content (AvgIpc) is 2.88. The lowest BCUT2D eigenvalue weighted by Crippen LogP contribution is -2.32. The Morgan fingerprint density at radius 2 is 2.25 bits per heavy atom. The Labute approximate surface area is 109 Å². The van der Waals surface area contributed by atoms with Gasteiger partial charge in [-0.25, -0.2) is 0 Å². The Morgan fingerprint density at radius 1 is 1.50 bits per heavy atom. The summed E-state index contributed by atoms with van der Waals surface area (Å²) in [4.78, 5) is 12.9. The molecule has 4 heteroatoms. The molecule has 1 saturated carbocycles. The van der Waals surface area contributed by atoms with Gasteiger partial charge in [-0.05, 0) is 40.2 Å². The summed E-state index contributed by atoms with van der Waals surface area (Å²) in [6.07, 6.45) is 5.63. The largest absolute Gasteiger partial charge is 0.307 e. The maximum Gasteiger partial charge on any atom is 0.151 e. The fraction of sp³-hybridized carbons (Fsp3) is 0.583. The molecule has 0 unspecified atom stereocenters. The van der Waals surface area contributed by atoms with Crippen LogP contribution in [0.1, 0.15) is 30.6 Å². The molecule has 0 saturated heterocycles. The van der Waals surface area contributed by atoms with Crippen LogP contribution in [0, 0.1) is 0 Å². The minimum atomic E-state index is 0.287. The van der Waals surface area contributed by atoms with E-state index in [-0.39, 0.29) is 5.78 Å². The second kappa shape index (κ2) is 5.94. The van der Waals surface area contributed by atoms with Crippen LogP contribution in [0.15, 0.2) is 15.9 Å². The van der Waals surface area contributed by atoms with Crippen molar-refractivity contribution in [1.29, 1.82) is 0 Å². The third kappa shape index (κ3) is 3.40. The Kier molecular flexibility index (Phi) is 4.55. The van der Waals surface area contributed by atoms with Gasteiger partial charge in [-0.2, -0.15) is 0 Å². The fourth-order valence-corrected chi connectivity index (χ4v) is 3.60. The van der Waals surface area contributed by atoms with Gasteiger partial charge in [0, 0.05) is 21.8 Å². The Bertz CT molecular complexity index is 358. The first kappa shape index (κ1) is 12.3. The van der Waals surface area contributed by atoms with Gasteiger partial charge in [-0.1, -0.05) is 12.8 Å². The zero-order valence-corrected chi connectivity index (χ0v) is 11.6. The number of carbonyl (C=O) groups is 1. The van der Waals surface area contributed by atoms with Gasteiger partial charge >= 0.3 is 0 Å². The Hall–Kier alpha value is -0.190. The Morgan fingerprint density at radius 3 is 2.88 bits per heavy atom. The second-order valence-electron chi connectivity index (χ2n) is 4.27. The lowest BCUT2D eigenvalue weighted by atomic mass is 10.2. The smallest absolute Gasteiger partial charge is 0.151 e. The molecular weight excluding hydrogens is 286 g/mol. The number of ketones is 1. The van der Waals surface area contributed by atoms with Crippen molar-refractivity contribution in [1.82, 2.24) is 5.32 Å². The predicted molar refractivity (Wildman–Crippen MR) is 71.0 cm³/mol. The molecule has 0 bridgehead atoms. The number of rotatable bonds is 5. The SMILES string of the molecule is O=C(CNC1CCCC1)Cc1sccc1Br. The summed E-state index contributed by atoms with van der Waals surface area (Å²) in [5.74, 6) is 0.287. The maximum absolute atomic E-state index is 11.7. The first-order valence-corrected chi connectivity index (χ1v) is 7.40. The van der Waals surface area contributed by atoms with Crippen LogP contribution in [0.2, 0.25) is 0 Å². The van der Waals surface area contributed by atoms with E-state index in [1.165, 1.54) is 25.7 Å². The number of Topliss-reactive ketones (excluding diaryl/α,β-unsaturated/α-hetero) is 1. The average molecular weight is 302 g/mol. The highest BCUT2D eigenvalue weighted by Crippen LogP contribution is 2.23. The van der Waals surface area contributed by atoms with E-state index in [2.05, 4.69) is 21.2 Å². The summed E-state index contributed by atoms with van der Waals surface area (Å²) in [6, 6.07) is 2.58. The van der Waals surface area contributed by atoms with Gasteiger partial charge in [0.2, 0.25) is 0 Å². The molecular formula is C12H16BrNOS. The molecule has 0 aromatic carbocycles. The van der Waals surface area contributed by atoms with Gasteiger partial charge < -0.3 is 5.32 Å². The van der Waals surface area contributed by atoms with Crippen LogP contribution in [-0.2, 0) is 11.2 Å². The van der Waals surface area contributed by atoms with E-state index in [4.69, 9.17) is 0 Å². The van der Waals surface area contributed by atoms with Crippen molar-refractivity contribution in [2.24, 2.45) is 0 Å². The van der Waals surface area contributed by atoms with Gasteiger partial charge in [0.25, 0.3) is 0 Å². The van der Waals surface area contributed by atoms with Crippen molar-refractivity contribution in [3.63, 3.8) is 0 Å². The standard InChI is InChI=1S/C12H16BrNOS/c13-11-5-6-16-12(11)7-10(15)8-14-9-3-1-2-4-9/h5-6,9,14H,1-4,7-8H2. The molecule has 0 atom stereocenters. The minimum absolute atomic E-state index is 0.287. The van der Waals surface area contributed by atoms with Crippen molar-refractivity contribution < 1.29 is 4.79 Å². The summed E-state index contributed by atoms with van der Waals surface area (Å²) in [7, 11) is 0. The van der Waals surface area contributed by atoms with Gasteiger partial charge in [0.15, 0.2) is 5.78 Å². The van der Waals surface area contributed by atoms with Crippen LogP contribution in [0.3, 0.4) is 0 Å². The normalized spacial score (nSPS) is 16.8. The molecule has 0 aliphatic heterocycles. The van der Waals surface area contributed by atoms with E-state index in [9.17, 15) is 4.79 Å². The van der Waals surface area contributed by atoms with E-state index < -0.39 is 0 Å². The number of hydrogen-bond donors (Lipinski definition) is 1. The first-order valence-electron chi connectivity index (χ1n) is 5.72. The molecule has 1 aromatic rings. The summed E-state index contributed by atoms with van der Waals surface area (Å²) < 4.78 is 1.06. The number of halogens is 1. The molecule has 1 aliphatic carbocycles. The molecule has 1 aliphatic rings. The van der Waals surface area contributed by atoms with Crippen LogP contribution in [0.4, 0.5) is 0 Å². The fourth-order valence-electron chi connectivity index (χ4n) is 2.08. The van der Waals surface area contributed by atoms with Crippen LogP contribution >= 0.6 is 27.3 Å². The van der Waals surface area contributed by atoms with E-state index in [1.807, 2.05) is 11.4 Å². The van der Waals surface area contributed by atoms with Crippen LogP contribution in [0.5, 0.6) is 0 Å². The topological polar surface area (TPSA) is 29.1 Å². The number of hydrogen-bond acceptors (Lipinski definition) is 3. The summed E-state index contributed by atoms with van der Waals surface area (Å²) in [5.41, 5.74) is 0. The minimum Gasteiger partial charge on any atom is -0.307 e. The van der Waals surface area contributed by atoms with Crippen LogP contribution in [-0.4, -0.2) is 18.4 Å². The highest BCUT2D eigenvalue weighted by Gasteiger charge is 2.15. The van der Waals surface area contributed by atoms with Crippen molar-refractivity contribution in [3.05, 3.63) is 20.8 Å². The molecule has 0 spiro atoms. The molecule has 1 heterocycles. The predicted octanol–water partition coefficient (Wildman–Crippen LogP) is 3.15. The summed E-state index contributed by atoms with van der Waals surface area (Å²) in [6.45, 7) is 0.523. The Balaban J connectivity index is 1.74. The first-order chi connectivity index (χ1) is 7.75. The van der Waals surface area contributed by atoms with Crippen molar-refractivity contribution >= 4 is 33.0 Å². The third-order valence-electron chi connectivity index (χ3n) is 2.99.